The predicted molar refractivity (Wildman–Crippen MR) is 107 cm³/mol. The van der Waals surface area contributed by atoms with Crippen LogP contribution < -0.4 is 5.69 Å². The van der Waals surface area contributed by atoms with Gasteiger partial charge in [0.25, 0.3) is 0 Å². The van der Waals surface area contributed by atoms with Gasteiger partial charge in [-0.05, 0) is 30.7 Å². The second-order valence-electron chi connectivity index (χ2n) is 6.62. The molecule has 0 atom stereocenters. The standard InChI is InChI=1S/C22H19N3O3/c1-15-8-9-18(25-20-13-23-11-10-19(20)24(2)22(25)27)17(12-15)21(26)28-14-16-6-4-3-5-7-16/h3-13H,14H2,1-2H3. The van der Waals surface area contributed by atoms with E-state index in [-0.39, 0.29) is 12.3 Å². The molecule has 0 aliphatic carbocycles. The average Bonchev–Trinajstić information content (AvgIpc) is 2.98. The van der Waals surface area contributed by atoms with Crippen molar-refractivity contribution in [2.24, 2.45) is 7.05 Å². The number of hydrogen-bond donors (Lipinski definition) is 0. The molecule has 0 aliphatic rings. The zero-order valence-electron chi connectivity index (χ0n) is 15.6. The van der Waals surface area contributed by atoms with E-state index in [0.717, 1.165) is 16.6 Å². The topological polar surface area (TPSA) is 66.1 Å². The highest BCUT2D eigenvalue weighted by atomic mass is 16.5. The third-order valence-electron chi connectivity index (χ3n) is 4.68. The number of carbonyl (C=O) groups excluding carboxylic acids is 1. The first kappa shape index (κ1) is 17.7. The Labute approximate surface area is 161 Å². The number of rotatable bonds is 4. The number of aromatic nitrogens is 3. The van der Waals surface area contributed by atoms with E-state index in [0.29, 0.717) is 16.8 Å². The minimum atomic E-state index is -0.477. The molecular formula is C22H19N3O3. The summed E-state index contributed by atoms with van der Waals surface area (Å²) in [5.41, 5.74) is 3.75. The van der Waals surface area contributed by atoms with Crippen molar-refractivity contribution in [3.8, 4) is 5.69 Å². The summed E-state index contributed by atoms with van der Waals surface area (Å²) in [6.45, 7) is 2.06. The Morgan fingerprint density at radius 3 is 2.64 bits per heavy atom. The van der Waals surface area contributed by atoms with Crippen LogP contribution in [-0.2, 0) is 18.4 Å². The molecule has 0 aliphatic heterocycles. The van der Waals surface area contributed by atoms with Gasteiger partial charge in [-0.2, -0.15) is 0 Å². The molecule has 4 aromatic rings. The minimum Gasteiger partial charge on any atom is -0.457 e. The molecule has 2 heterocycles. The maximum atomic E-state index is 12.9. The van der Waals surface area contributed by atoms with Crippen molar-refractivity contribution in [3.63, 3.8) is 0 Å². The smallest absolute Gasteiger partial charge is 0.340 e. The van der Waals surface area contributed by atoms with Crippen LogP contribution in [0.25, 0.3) is 16.7 Å². The number of benzene rings is 2. The largest absolute Gasteiger partial charge is 0.457 e. The molecule has 0 spiro atoms. The van der Waals surface area contributed by atoms with E-state index in [2.05, 4.69) is 4.98 Å². The van der Waals surface area contributed by atoms with Crippen molar-refractivity contribution >= 4 is 17.0 Å². The minimum absolute atomic E-state index is 0.166. The van der Waals surface area contributed by atoms with Crippen molar-refractivity contribution in [3.05, 3.63) is 94.2 Å². The van der Waals surface area contributed by atoms with Crippen LogP contribution in [0.5, 0.6) is 0 Å². The normalized spacial score (nSPS) is 10.9. The average molecular weight is 373 g/mol. The van der Waals surface area contributed by atoms with Crippen LogP contribution in [-0.4, -0.2) is 20.1 Å². The van der Waals surface area contributed by atoms with Gasteiger partial charge in [-0.15, -0.1) is 0 Å². The van der Waals surface area contributed by atoms with Crippen molar-refractivity contribution in [1.29, 1.82) is 0 Å². The van der Waals surface area contributed by atoms with Crippen LogP contribution in [0.1, 0.15) is 21.5 Å². The summed E-state index contributed by atoms with van der Waals surface area (Å²) in [5, 5.41) is 0. The summed E-state index contributed by atoms with van der Waals surface area (Å²) in [7, 11) is 1.70. The van der Waals surface area contributed by atoms with Gasteiger partial charge in [0.05, 0.1) is 28.5 Å². The maximum absolute atomic E-state index is 12.9. The summed E-state index contributed by atoms with van der Waals surface area (Å²) in [5.74, 6) is -0.477. The number of esters is 1. The van der Waals surface area contributed by atoms with Crippen LogP contribution in [0.4, 0.5) is 0 Å². The highest BCUT2D eigenvalue weighted by Gasteiger charge is 2.20. The lowest BCUT2D eigenvalue weighted by Gasteiger charge is -2.12. The molecule has 2 aromatic carbocycles. The first-order valence-corrected chi connectivity index (χ1v) is 8.90. The van der Waals surface area contributed by atoms with E-state index >= 15 is 0 Å². The maximum Gasteiger partial charge on any atom is 0.340 e. The number of imidazole rings is 1. The Balaban J connectivity index is 1.79. The molecule has 0 fully saturated rings. The van der Waals surface area contributed by atoms with E-state index < -0.39 is 5.97 Å². The van der Waals surface area contributed by atoms with Gasteiger partial charge in [-0.3, -0.25) is 14.1 Å². The Bertz CT molecular complexity index is 1220. The lowest BCUT2D eigenvalue weighted by Crippen LogP contribution is -2.23. The SMILES string of the molecule is Cc1ccc(-n2c(=O)n(C)c3ccncc32)c(C(=O)OCc2ccccc2)c1. The Morgan fingerprint density at radius 1 is 1.07 bits per heavy atom. The first-order valence-electron chi connectivity index (χ1n) is 8.90. The van der Waals surface area contributed by atoms with Crippen molar-refractivity contribution < 1.29 is 9.53 Å². The molecule has 0 amide bonds. The number of fused-ring (bicyclic) bond motifs is 1. The number of aryl methyl sites for hydroxylation is 2. The Morgan fingerprint density at radius 2 is 1.86 bits per heavy atom. The Kier molecular flexibility index (Phi) is 4.53. The summed E-state index contributed by atoms with van der Waals surface area (Å²) in [4.78, 5) is 29.9. The lowest BCUT2D eigenvalue weighted by atomic mass is 10.1. The summed E-state index contributed by atoms with van der Waals surface area (Å²) >= 11 is 0. The molecule has 6 heteroatoms. The number of hydrogen-bond acceptors (Lipinski definition) is 4. The predicted octanol–water partition coefficient (Wildman–Crippen LogP) is 3.39. The summed E-state index contributed by atoms with van der Waals surface area (Å²) < 4.78 is 8.55. The van der Waals surface area contributed by atoms with Crippen LogP contribution in [0, 0.1) is 6.92 Å². The van der Waals surface area contributed by atoms with Crippen LogP contribution in [0.2, 0.25) is 0 Å². The number of ether oxygens (including phenoxy) is 1. The third-order valence-corrected chi connectivity index (χ3v) is 4.68. The van der Waals surface area contributed by atoms with Crippen LogP contribution in [0.15, 0.2) is 71.8 Å². The van der Waals surface area contributed by atoms with E-state index in [1.807, 2.05) is 43.3 Å². The molecule has 28 heavy (non-hydrogen) atoms. The van der Waals surface area contributed by atoms with Gasteiger partial charge in [0, 0.05) is 13.2 Å². The summed E-state index contributed by atoms with van der Waals surface area (Å²) in [6.07, 6.45) is 3.26. The van der Waals surface area contributed by atoms with Gasteiger partial charge in [0.15, 0.2) is 0 Å². The molecule has 6 nitrogen and oxygen atoms in total. The van der Waals surface area contributed by atoms with Gasteiger partial charge in [0.1, 0.15) is 6.61 Å². The zero-order valence-corrected chi connectivity index (χ0v) is 15.6. The molecule has 0 radical (unpaired) electrons. The molecular weight excluding hydrogens is 354 g/mol. The number of nitrogens with zero attached hydrogens (tertiary/aromatic N) is 3. The summed E-state index contributed by atoms with van der Waals surface area (Å²) in [6, 6.07) is 16.6. The van der Waals surface area contributed by atoms with Gasteiger partial charge >= 0.3 is 11.7 Å². The second kappa shape index (κ2) is 7.15. The van der Waals surface area contributed by atoms with Crippen molar-refractivity contribution in [2.75, 3.05) is 0 Å². The highest BCUT2D eigenvalue weighted by Crippen LogP contribution is 2.22. The molecule has 2 aromatic heterocycles. The van der Waals surface area contributed by atoms with Gasteiger partial charge in [0.2, 0.25) is 0 Å². The van der Waals surface area contributed by atoms with Gasteiger partial charge in [-0.25, -0.2) is 9.59 Å². The van der Waals surface area contributed by atoms with E-state index in [9.17, 15) is 9.59 Å². The molecule has 0 saturated carbocycles. The van der Waals surface area contributed by atoms with Crippen LogP contribution in [0.3, 0.4) is 0 Å². The van der Waals surface area contributed by atoms with E-state index in [1.54, 1.807) is 37.6 Å². The molecule has 0 bridgehead atoms. The van der Waals surface area contributed by atoms with Crippen LogP contribution >= 0.6 is 0 Å². The van der Waals surface area contributed by atoms with Gasteiger partial charge < -0.3 is 4.74 Å². The lowest BCUT2D eigenvalue weighted by molar-refractivity contribution is 0.0472. The second-order valence-corrected chi connectivity index (χ2v) is 6.62. The fourth-order valence-corrected chi connectivity index (χ4v) is 3.23. The monoisotopic (exact) mass is 373 g/mol. The molecule has 4 rings (SSSR count). The third kappa shape index (κ3) is 3.09. The fourth-order valence-electron chi connectivity index (χ4n) is 3.23. The Hall–Kier alpha value is -3.67. The quantitative estimate of drug-likeness (QED) is 0.514. The van der Waals surface area contributed by atoms with Crippen molar-refractivity contribution in [1.82, 2.24) is 14.1 Å². The molecule has 0 N–H and O–H groups in total. The van der Waals surface area contributed by atoms with E-state index in [1.165, 1.54) is 9.13 Å². The van der Waals surface area contributed by atoms with Crippen molar-refractivity contribution in [2.45, 2.75) is 13.5 Å². The molecule has 0 saturated heterocycles. The number of carbonyl (C=O) groups is 1. The van der Waals surface area contributed by atoms with E-state index in [4.69, 9.17) is 4.74 Å². The molecule has 140 valence electrons. The fraction of sp³-hybridized carbons (Fsp3) is 0.136. The van der Waals surface area contributed by atoms with Gasteiger partial charge in [-0.1, -0.05) is 42.0 Å². The first-order chi connectivity index (χ1) is 13.6. The zero-order chi connectivity index (χ0) is 19.7. The highest BCUT2D eigenvalue weighted by molar-refractivity contribution is 5.94. The molecule has 0 unspecified atom stereocenters. The number of pyridine rings is 1.